The van der Waals surface area contributed by atoms with Gasteiger partial charge in [-0.2, -0.15) is 0 Å². The third-order valence-electron chi connectivity index (χ3n) is 13.3. The second-order valence-electron chi connectivity index (χ2n) is 19.4. The largest absolute Gasteiger partial charge is 0.497 e. The van der Waals surface area contributed by atoms with E-state index in [1.165, 1.54) is 21.5 Å². The molecule has 0 fully saturated rings. The van der Waals surface area contributed by atoms with Gasteiger partial charge in [-0.1, -0.05) is 159 Å². The van der Waals surface area contributed by atoms with Crippen molar-refractivity contribution < 1.29 is 23.4 Å². The van der Waals surface area contributed by atoms with Gasteiger partial charge in [-0.25, -0.2) is 0 Å². The minimum atomic E-state index is -2.19. The molecular formula is C56H80O5PSi+. The van der Waals surface area contributed by atoms with Gasteiger partial charge in [0.15, 0.2) is 8.32 Å². The number of hydrogen-bond acceptors (Lipinski definition) is 5. The lowest BCUT2D eigenvalue weighted by molar-refractivity contribution is -0.0981. The van der Waals surface area contributed by atoms with Crippen LogP contribution in [0.4, 0.5) is 0 Å². The Hall–Kier alpha value is -3.61. The van der Waals surface area contributed by atoms with Crippen molar-refractivity contribution in [2.75, 3.05) is 27.2 Å². The highest BCUT2D eigenvalue weighted by atomic mass is 31.2. The normalized spacial score (nSPS) is 16.7. The van der Waals surface area contributed by atoms with Gasteiger partial charge in [0.1, 0.15) is 35.7 Å². The van der Waals surface area contributed by atoms with Crippen LogP contribution in [0.5, 0.6) is 5.75 Å². The number of benzene rings is 4. The lowest BCUT2D eigenvalue weighted by Gasteiger charge is -2.45. The monoisotopic (exact) mass is 892 g/mol. The van der Waals surface area contributed by atoms with E-state index in [0.29, 0.717) is 6.61 Å². The van der Waals surface area contributed by atoms with E-state index in [4.69, 9.17) is 23.4 Å². The van der Waals surface area contributed by atoms with Gasteiger partial charge in [-0.3, -0.25) is 0 Å². The van der Waals surface area contributed by atoms with Crippen molar-refractivity contribution in [2.45, 2.75) is 112 Å². The number of hydrogen-bond donors (Lipinski definition) is 0. The summed E-state index contributed by atoms with van der Waals surface area (Å²) < 4.78 is 32.2. The zero-order valence-corrected chi connectivity index (χ0v) is 42.8. The number of allylic oxidation sites excluding steroid dienone is 3. The third kappa shape index (κ3) is 14.2. The lowest BCUT2D eigenvalue weighted by atomic mass is 9.81. The molecule has 0 aliphatic rings. The molecule has 0 aliphatic carbocycles. The summed E-state index contributed by atoms with van der Waals surface area (Å²) in [6.45, 7) is 30.4. The molecule has 0 bridgehead atoms. The van der Waals surface area contributed by atoms with Crippen molar-refractivity contribution in [3.63, 3.8) is 0 Å². The van der Waals surface area contributed by atoms with E-state index in [9.17, 15) is 0 Å². The van der Waals surface area contributed by atoms with Gasteiger partial charge in [0.05, 0.1) is 38.2 Å². The number of rotatable bonds is 25. The molecule has 0 saturated heterocycles. The Bertz CT molecular complexity index is 1880. The first-order valence-corrected chi connectivity index (χ1v) is 27.9. The van der Waals surface area contributed by atoms with Gasteiger partial charge >= 0.3 is 0 Å². The Morgan fingerprint density at radius 2 is 1.21 bits per heavy atom. The second kappa shape index (κ2) is 24.6. The maximum absolute atomic E-state index is 7.50. The van der Waals surface area contributed by atoms with E-state index in [-0.39, 0.29) is 59.7 Å². The van der Waals surface area contributed by atoms with E-state index in [0.717, 1.165) is 23.9 Å². The summed E-state index contributed by atoms with van der Waals surface area (Å²) >= 11 is 0. The topological polar surface area (TPSA) is 46.2 Å². The fraction of sp³-hybridized carbons (Fsp3) is 0.464. The first kappa shape index (κ1) is 52.0. The quantitative estimate of drug-likeness (QED) is 0.0218. The minimum absolute atomic E-state index is 0.0301. The van der Waals surface area contributed by atoms with Crippen molar-refractivity contribution in [3.05, 3.63) is 157 Å². The van der Waals surface area contributed by atoms with Crippen LogP contribution in [-0.4, -0.2) is 53.8 Å². The van der Waals surface area contributed by atoms with Gasteiger partial charge in [0.2, 0.25) is 0 Å². The highest BCUT2D eigenvalue weighted by Gasteiger charge is 2.48. The smallest absolute Gasteiger partial charge is 0.192 e. The van der Waals surface area contributed by atoms with Gasteiger partial charge < -0.3 is 23.4 Å². The van der Waals surface area contributed by atoms with E-state index in [1.54, 1.807) is 14.2 Å². The van der Waals surface area contributed by atoms with Crippen LogP contribution < -0.4 is 20.7 Å². The molecule has 0 aliphatic heterocycles. The maximum Gasteiger partial charge on any atom is 0.192 e. The van der Waals surface area contributed by atoms with Gasteiger partial charge in [0.25, 0.3) is 0 Å². The molecule has 0 heterocycles. The van der Waals surface area contributed by atoms with E-state index in [1.807, 2.05) is 24.3 Å². The molecule has 5 nitrogen and oxygen atoms in total. The molecule has 4 aromatic carbocycles. The van der Waals surface area contributed by atoms with Crippen molar-refractivity contribution in [1.82, 2.24) is 0 Å². The van der Waals surface area contributed by atoms with Crippen LogP contribution in [0.2, 0.25) is 18.1 Å². The molecule has 0 aromatic heterocycles. The fourth-order valence-electron chi connectivity index (χ4n) is 9.07. The van der Waals surface area contributed by atoms with Gasteiger partial charge in [0, 0.05) is 30.8 Å². The molecule has 8 atom stereocenters. The van der Waals surface area contributed by atoms with Crippen molar-refractivity contribution in [2.24, 2.45) is 29.6 Å². The fourth-order valence-corrected chi connectivity index (χ4v) is 15.2. The predicted molar refractivity (Wildman–Crippen MR) is 274 cm³/mol. The Labute approximate surface area is 384 Å². The summed E-state index contributed by atoms with van der Waals surface area (Å²) in [4.78, 5) is 0. The van der Waals surface area contributed by atoms with E-state index < -0.39 is 15.6 Å². The summed E-state index contributed by atoms with van der Waals surface area (Å²) in [5, 5.41) is 4.21. The Morgan fingerprint density at radius 1 is 0.683 bits per heavy atom. The first-order chi connectivity index (χ1) is 30.0. The lowest BCUT2D eigenvalue weighted by Crippen LogP contribution is -2.50. The van der Waals surface area contributed by atoms with Crippen LogP contribution in [0.3, 0.4) is 0 Å². The summed E-state index contributed by atoms with van der Waals surface area (Å²) in [6, 6.07) is 41.6. The molecule has 63 heavy (non-hydrogen) atoms. The van der Waals surface area contributed by atoms with Crippen molar-refractivity contribution >= 4 is 31.5 Å². The van der Waals surface area contributed by atoms with Crippen molar-refractivity contribution in [3.8, 4) is 5.75 Å². The Kier molecular flexibility index (Phi) is 20.3. The van der Waals surface area contributed by atoms with Crippen LogP contribution in [0, 0.1) is 29.6 Å². The Morgan fingerprint density at radius 3 is 1.67 bits per heavy atom. The van der Waals surface area contributed by atoms with Gasteiger partial charge in [-0.05, 0) is 91.5 Å². The second-order valence-corrected chi connectivity index (χ2v) is 27.7. The van der Waals surface area contributed by atoms with Crippen molar-refractivity contribution in [1.29, 1.82) is 0 Å². The summed E-state index contributed by atoms with van der Waals surface area (Å²) in [5.74, 6) is 1.65. The molecule has 0 saturated carbocycles. The zero-order valence-electron chi connectivity index (χ0n) is 40.9. The average Bonchev–Trinajstić information content (AvgIpc) is 3.27. The highest BCUT2D eigenvalue weighted by Crippen LogP contribution is 2.57. The average molecular weight is 892 g/mol. The van der Waals surface area contributed by atoms with Crippen LogP contribution >= 0.6 is 7.26 Å². The third-order valence-corrected chi connectivity index (χ3v) is 22.4. The number of methoxy groups -OCH3 is 2. The van der Waals surface area contributed by atoms with Crippen LogP contribution in [0.25, 0.3) is 0 Å². The van der Waals surface area contributed by atoms with Crippen LogP contribution in [0.15, 0.2) is 152 Å². The molecule has 0 amide bonds. The Balaban J connectivity index is 1.69. The minimum Gasteiger partial charge on any atom is -0.497 e. The molecule has 0 N–H and O–H groups in total. The molecule has 7 heteroatoms. The highest BCUT2D eigenvalue weighted by molar-refractivity contribution is 7.95. The molecule has 0 radical (unpaired) electrons. The predicted octanol–water partition coefficient (Wildman–Crippen LogP) is 13.2. The zero-order chi connectivity index (χ0) is 46.2. The first-order valence-electron chi connectivity index (χ1n) is 23.0. The number of ether oxygens (including phenoxy) is 4. The molecule has 4 rings (SSSR count). The molecule has 342 valence electrons. The molecular weight excluding hydrogens is 812 g/mol. The van der Waals surface area contributed by atoms with Crippen LogP contribution in [-0.2, 0) is 25.2 Å². The summed E-state index contributed by atoms with van der Waals surface area (Å²) in [7, 11) is -0.860. The molecule has 0 spiro atoms. The summed E-state index contributed by atoms with van der Waals surface area (Å²) in [6.07, 6.45) is 10.2. The maximum atomic E-state index is 7.50. The van der Waals surface area contributed by atoms with E-state index >= 15 is 0 Å². The standard InChI is InChI=1S/C56H80O5PSi/c1-15-16-26-43(3)54(59-39-48-33-35-49(58-12)36-34-48)47(7)55(61-63(13,14)56(8,9)10)45(5)38-42(2)37-44(4)53(60-41-57-11)46(6)40-62(50-27-20-17-21-28-50,51-29-22-18-23-30-51)52-31-24-19-25-32-52/h15-37,43-47,53-55H,1,38-41H2,2-14H3/q+1/b26-16-,42-37-/t43-,44-,45-,46-,47+,53+,54-,55+/m0/s1. The van der Waals surface area contributed by atoms with E-state index in [2.05, 4.69) is 197 Å². The van der Waals surface area contributed by atoms with Gasteiger partial charge in [-0.15, -0.1) is 0 Å². The SMILES string of the molecule is C=C/C=C\[C@H](C)[C@H](OCc1ccc(OC)cc1)[C@@H](C)[C@H](O[Si](C)(C)C(C)(C)C)[C@@H](C)C/C(C)=C\[C@H](C)[C@@H](OCOC)[C@@H](C)C[P+](c1ccccc1)(c1ccccc1)c1ccccc1. The molecule has 0 unspecified atom stereocenters. The summed E-state index contributed by atoms with van der Waals surface area (Å²) in [5.41, 5.74) is 2.46. The molecule has 4 aromatic rings. The van der Waals surface area contributed by atoms with Crippen LogP contribution in [0.1, 0.15) is 74.3 Å².